The van der Waals surface area contributed by atoms with Crippen molar-refractivity contribution in [2.24, 2.45) is 4.99 Å². The Morgan fingerprint density at radius 3 is 2.62 bits per heavy atom. The summed E-state index contributed by atoms with van der Waals surface area (Å²) >= 11 is 1.81. The third-order valence-electron chi connectivity index (χ3n) is 3.59. The van der Waals surface area contributed by atoms with Crippen molar-refractivity contribution in [1.82, 2.24) is 16.0 Å². The quantitative estimate of drug-likeness (QED) is 0.289. The van der Waals surface area contributed by atoms with Gasteiger partial charge < -0.3 is 16.0 Å². The van der Waals surface area contributed by atoms with Crippen molar-refractivity contribution in [3.63, 3.8) is 0 Å². The maximum absolute atomic E-state index is 11.7. The van der Waals surface area contributed by atoms with Crippen LogP contribution in [0.25, 0.3) is 0 Å². The van der Waals surface area contributed by atoms with Crippen LogP contribution in [0.5, 0.6) is 0 Å². The minimum absolute atomic E-state index is 0.0844. The third kappa shape index (κ3) is 6.80. The van der Waals surface area contributed by atoms with Crippen LogP contribution in [0.4, 0.5) is 0 Å². The molecule has 0 radical (unpaired) electrons. The number of nitrogens with one attached hydrogen (secondary N) is 3. The molecule has 0 aromatic heterocycles. The fraction of sp³-hybridized carbons (Fsp3) is 0.300. The summed E-state index contributed by atoms with van der Waals surface area (Å²) in [6, 6.07) is 17.9. The van der Waals surface area contributed by atoms with Gasteiger partial charge in [-0.2, -0.15) is 0 Å². The highest BCUT2D eigenvalue weighted by Crippen LogP contribution is 2.15. The molecule has 0 saturated carbocycles. The van der Waals surface area contributed by atoms with Gasteiger partial charge in [-0.05, 0) is 36.8 Å². The molecule has 2 aromatic carbocycles. The Hall–Kier alpha value is -2.47. The molecule has 26 heavy (non-hydrogen) atoms. The normalized spacial score (nSPS) is 11.1. The largest absolute Gasteiger partial charge is 0.357 e. The predicted octanol–water partition coefficient (Wildman–Crippen LogP) is 2.89. The van der Waals surface area contributed by atoms with Gasteiger partial charge in [0.2, 0.25) is 0 Å². The van der Waals surface area contributed by atoms with Crippen molar-refractivity contribution in [2.75, 3.05) is 25.9 Å². The lowest BCUT2D eigenvalue weighted by molar-refractivity contribution is 0.0963. The van der Waals surface area contributed by atoms with Crippen LogP contribution in [0.3, 0.4) is 0 Å². The lowest BCUT2D eigenvalue weighted by atomic mass is 10.1. The number of carbonyl (C=O) groups is 1. The van der Waals surface area contributed by atoms with E-state index in [1.165, 1.54) is 4.90 Å². The number of carbonyl (C=O) groups excluding carboxylic acids is 1. The van der Waals surface area contributed by atoms with Crippen molar-refractivity contribution in [3.8, 4) is 0 Å². The van der Waals surface area contributed by atoms with E-state index in [0.717, 1.165) is 30.4 Å². The van der Waals surface area contributed by atoms with Crippen LogP contribution in [0, 0.1) is 0 Å². The van der Waals surface area contributed by atoms with Gasteiger partial charge >= 0.3 is 0 Å². The highest BCUT2D eigenvalue weighted by atomic mass is 32.2. The molecule has 0 aliphatic heterocycles. The molecule has 2 rings (SSSR count). The number of thioether (sulfide) groups is 1. The van der Waals surface area contributed by atoms with Gasteiger partial charge in [0.05, 0.1) is 6.54 Å². The van der Waals surface area contributed by atoms with E-state index in [1.807, 2.05) is 55.1 Å². The van der Waals surface area contributed by atoms with Crippen molar-refractivity contribution >= 4 is 23.6 Å². The molecule has 0 bridgehead atoms. The molecule has 0 aliphatic carbocycles. The monoisotopic (exact) mass is 370 g/mol. The number of hydrogen-bond donors (Lipinski definition) is 3. The van der Waals surface area contributed by atoms with Crippen LogP contribution in [0.2, 0.25) is 0 Å². The van der Waals surface area contributed by atoms with Crippen LogP contribution in [0.1, 0.15) is 22.8 Å². The Bertz CT molecular complexity index is 719. The zero-order chi connectivity index (χ0) is 18.6. The Balaban J connectivity index is 1.86. The molecule has 0 saturated heterocycles. The van der Waals surface area contributed by atoms with Crippen molar-refractivity contribution in [3.05, 3.63) is 65.7 Å². The average Bonchev–Trinajstić information content (AvgIpc) is 2.69. The molecule has 3 N–H and O–H groups in total. The molecular formula is C20H26N4OS. The smallest absolute Gasteiger partial charge is 0.251 e. The van der Waals surface area contributed by atoms with E-state index < -0.39 is 0 Å². The first kappa shape index (κ1) is 19.8. The summed E-state index contributed by atoms with van der Waals surface area (Å²) in [4.78, 5) is 17.6. The first-order valence-corrected chi connectivity index (χ1v) is 9.72. The number of hydrogen-bond acceptors (Lipinski definition) is 3. The summed E-state index contributed by atoms with van der Waals surface area (Å²) in [6.45, 7) is 4.19. The van der Waals surface area contributed by atoms with Crippen LogP contribution < -0.4 is 16.0 Å². The lowest BCUT2D eigenvalue weighted by Gasteiger charge is -2.11. The van der Waals surface area contributed by atoms with Crippen LogP contribution in [0.15, 0.2) is 64.5 Å². The van der Waals surface area contributed by atoms with Gasteiger partial charge in [-0.3, -0.25) is 4.79 Å². The minimum Gasteiger partial charge on any atom is -0.357 e. The molecule has 1 amide bonds. The zero-order valence-electron chi connectivity index (χ0n) is 15.3. The molecule has 0 spiro atoms. The van der Waals surface area contributed by atoms with Crippen LogP contribution in [-0.4, -0.2) is 37.8 Å². The summed E-state index contributed by atoms with van der Waals surface area (Å²) in [6.07, 6.45) is 0. The Labute approximate surface area is 159 Å². The van der Waals surface area contributed by atoms with E-state index in [-0.39, 0.29) is 5.91 Å². The summed E-state index contributed by atoms with van der Waals surface area (Å²) in [7, 11) is 1.63. The summed E-state index contributed by atoms with van der Waals surface area (Å²) in [5.41, 5.74) is 1.65. The maximum atomic E-state index is 11.7. The van der Waals surface area contributed by atoms with Gasteiger partial charge in [-0.25, -0.2) is 4.99 Å². The first-order valence-electron chi connectivity index (χ1n) is 8.74. The van der Waals surface area contributed by atoms with Crippen molar-refractivity contribution in [1.29, 1.82) is 0 Å². The highest BCUT2D eigenvalue weighted by molar-refractivity contribution is 7.99. The van der Waals surface area contributed by atoms with Crippen molar-refractivity contribution < 1.29 is 4.79 Å². The summed E-state index contributed by atoms with van der Waals surface area (Å²) < 4.78 is 0. The van der Waals surface area contributed by atoms with E-state index >= 15 is 0 Å². The number of benzene rings is 2. The molecular weight excluding hydrogens is 344 g/mol. The van der Waals surface area contributed by atoms with E-state index in [4.69, 9.17) is 0 Å². The number of aliphatic imine (C=N–C) groups is 1. The average molecular weight is 371 g/mol. The second-order valence-electron chi connectivity index (χ2n) is 5.56. The highest BCUT2D eigenvalue weighted by Gasteiger charge is 2.04. The molecule has 0 unspecified atom stereocenters. The Morgan fingerprint density at radius 1 is 1.08 bits per heavy atom. The Kier molecular flexibility index (Phi) is 8.55. The van der Waals surface area contributed by atoms with Gasteiger partial charge in [0.1, 0.15) is 0 Å². The standard InChI is InChI=1S/C20H26N4OS/c1-3-22-20(23-12-13-26-18-10-5-4-6-11-18)24-15-16-8-7-9-17(14-16)19(25)21-2/h4-11,14H,3,12-13,15H2,1-2H3,(H,21,25)(H2,22,23,24). The number of guanidine groups is 1. The SMILES string of the molecule is CCNC(=NCc1cccc(C(=O)NC)c1)NCCSc1ccccc1. The molecule has 5 nitrogen and oxygen atoms in total. The topological polar surface area (TPSA) is 65.5 Å². The van der Waals surface area contributed by atoms with Crippen LogP contribution in [-0.2, 0) is 6.54 Å². The number of amides is 1. The number of rotatable bonds is 8. The maximum Gasteiger partial charge on any atom is 0.251 e. The molecule has 0 atom stereocenters. The molecule has 6 heteroatoms. The van der Waals surface area contributed by atoms with Crippen molar-refractivity contribution in [2.45, 2.75) is 18.4 Å². The second kappa shape index (κ2) is 11.2. The fourth-order valence-electron chi connectivity index (χ4n) is 2.32. The van der Waals surface area contributed by atoms with E-state index in [1.54, 1.807) is 13.1 Å². The minimum atomic E-state index is -0.0844. The van der Waals surface area contributed by atoms with Gasteiger partial charge in [0, 0.05) is 36.3 Å². The molecule has 138 valence electrons. The Morgan fingerprint density at radius 2 is 1.88 bits per heavy atom. The first-order chi connectivity index (χ1) is 12.7. The van der Waals surface area contributed by atoms with Crippen LogP contribution >= 0.6 is 11.8 Å². The van der Waals surface area contributed by atoms with Gasteiger partial charge in [-0.15, -0.1) is 11.8 Å². The summed E-state index contributed by atoms with van der Waals surface area (Å²) in [5, 5.41) is 9.24. The van der Waals surface area contributed by atoms with Gasteiger partial charge in [0.15, 0.2) is 5.96 Å². The number of nitrogens with zero attached hydrogens (tertiary/aromatic N) is 1. The van der Waals surface area contributed by atoms with Gasteiger partial charge in [0.25, 0.3) is 5.91 Å². The summed E-state index contributed by atoms with van der Waals surface area (Å²) in [5.74, 6) is 1.66. The second-order valence-corrected chi connectivity index (χ2v) is 6.73. The van der Waals surface area contributed by atoms with E-state index in [9.17, 15) is 4.79 Å². The lowest BCUT2D eigenvalue weighted by Crippen LogP contribution is -2.38. The predicted molar refractivity (Wildman–Crippen MR) is 110 cm³/mol. The van der Waals surface area contributed by atoms with Gasteiger partial charge in [-0.1, -0.05) is 30.3 Å². The zero-order valence-corrected chi connectivity index (χ0v) is 16.1. The molecule has 2 aromatic rings. The fourth-order valence-corrected chi connectivity index (χ4v) is 3.11. The molecule has 0 fully saturated rings. The van der Waals surface area contributed by atoms with E-state index in [2.05, 4.69) is 33.1 Å². The third-order valence-corrected chi connectivity index (χ3v) is 4.60. The molecule has 0 aliphatic rings. The molecule has 0 heterocycles. The van der Waals surface area contributed by atoms with E-state index in [0.29, 0.717) is 12.1 Å².